The van der Waals surface area contributed by atoms with Crippen LogP contribution in [0.2, 0.25) is 0 Å². The van der Waals surface area contributed by atoms with Crippen LogP contribution in [0.15, 0.2) is 59.0 Å². The van der Waals surface area contributed by atoms with Crippen molar-refractivity contribution in [3.05, 3.63) is 64.5 Å². The normalized spacial score (nSPS) is 23.8. The van der Waals surface area contributed by atoms with Gasteiger partial charge in [-0.3, -0.25) is 9.69 Å². The number of amides is 3. The van der Waals surface area contributed by atoms with Crippen LogP contribution in [0.3, 0.4) is 0 Å². The molecule has 28 heavy (non-hydrogen) atoms. The monoisotopic (exact) mass is 393 g/mol. The lowest BCUT2D eigenvalue weighted by Gasteiger charge is -2.38. The molecule has 4 heterocycles. The van der Waals surface area contributed by atoms with E-state index in [4.69, 9.17) is 4.99 Å². The van der Waals surface area contributed by atoms with Gasteiger partial charge in [0.2, 0.25) is 5.96 Å². The van der Waals surface area contributed by atoms with Crippen molar-refractivity contribution in [3.8, 4) is 0 Å². The molecule has 8 heteroatoms. The Labute approximate surface area is 166 Å². The fraction of sp³-hybridized carbons (Fsp3) is 0.250. The summed E-state index contributed by atoms with van der Waals surface area (Å²) in [7, 11) is 3.22. The van der Waals surface area contributed by atoms with Gasteiger partial charge in [-0.05, 0) is 17.0 Å². The summed E-state index contributed by atoms with van der Waals surface area (Å²) in [6.07, 6.45) is 1.49. The molecular weight excluding hydrogens is 374 g/mol. The van der Waals surface area contributed by atoms with E-state index in [1.807, 2.05) is 40.7 Å². The summed E-state index contributed by atoms with van der Waals surface area (Å²) in [6.45, 7) is 0.640. The molecule has 3 amide bonds. The zero-order valence-electron chi connectivity index (χ0n) is 15.5. The van der Waals surface area contributed by atoms with Gasteiger partial charge in [0, 0.05) is 20.3 Å². The van der Waals surface area contributed by atoms with Crippen molar-refractivity contribution in [2.24, 2.45) is 4.99 Å². The van der Waals surface area contributed by atoms with E-state index in [9.17, 15) is 9.59 Å². The number of rotatable bonds is 3. The Morgan fingerprint density at radius 2 is 1.86 bits per heavy atom. The van der Waals surface area contributed by atoms with Crippen LogP contribution < -0.4 is 0 Å². The van der Waals surface area contributed by atoms with E-state index >= 15 is 0 Å². The second-order valence-corrected chi connectivity index (χ2v) is 8.00. The lowest BCUT2D eigenvalue weighted by molar-refractivity contribution is -0.135. The molecule has 2 aromatic rings. The molecule has 3 aliphatic rings. The lowest BCUT2D eigenvalue weighted by atomic mass is 10.1. The Morgan fingerprint density at radius 3 is 2.57 bits per heavy atom. The van der Waals surface area contributed by atoms with E-state index in [0.29, 0.717) is 12.5 Å². The minimum absolute atomic E-state index is 0.227. The molecule has 0 N–H and O–H groups in total. The highest BCUT2D eigenvalue weighted by Crippen LogP contribution is 2.38. The average molecular weight is 393 g/mol. The molecule has 2 unspecified atom stereocenters. The molecule has 0 radical (unpaired) electrons. The van der Waals surface area contributed by atoms with Gasteiger partial charge in [0.15, 0.2) is 12.2 Å². The van der Waals surface area contributed by atoms with Crippen molar-refractivity contribution in [2.45, 2.75) is 18.8 Å². The summed E-state index contributed by atoms with van der Waals surface area (Å²) in [4.78, 5) is 37.9. The number of guanidine groups is 1. The van der Waals surface area contributed by atoms with E-state index in [0.717, 1.165) is 16.1 Å². The van der Waals surface area contributed by atoms with Crippen LogP contribution >= 0.6 is 11.3 Å². The van der Waals surface area contributed by atoms with Gasteiger partial charge in [-0.2, -0.15) is 0 Å². The number of hydrogen-bond donors (Lipinski definition) is 0. The van der Waals surface area contributed by atoms with Crippen LogP contribution in [0, 0.1) is 0 Å². The van der Waals surface area contributed by atoms with E-state index in [-0.39, 0.29) is 11.9 Å². The van der Waals surface area contributed by atoms with Crippen molar-refractivity contribution in [2.75, 3.05) is 14.1 Å². The highest BCUT2D eigenvalue weighted by Gasteiger charge is 2.53. The number of nitrogens with zero attached hydrogens (tertiary/aromatic N) is 5. The summed E-state index contributed by atoms with van der Waals surface area (Å²) >= 11 is 1.65. The van der Waals surface area contributed by atoms with Crippen LogP contribution in [0.5, 0.6) is 0 Å². The SMILES string of the molecule is CN1C(=O)C2C(N=C3N(Cc4ccccc4)C(c4cccs4)=CN32)N(C)C1=O. The molecule has 2 atom stereocenters. The van der Waals surface area contributed by atoms with Crippen LogP contribution in [0.25, 0.3) is 5.70 Å². The molecule has 0 bridgehead atoms. The number of carbonyl (C=O) groups excluding carboxylic acids is 2. The standard InChI is InChI=1S/C20H19N5O2S/c1-22-17-16(18(26)23(2)20(22)27)25-12-14(15-9-6-10-28-15)24(19(25)21-17)11-13-7-4-3-5-8-13/h3-10,12,16-17H,11H2,1-2H3. The number of urea groups is 1. The summed E-state index contributed by atoms with van der Waals surface area (Å²) in [5.74, 6) is 0.487. The highest BCUT2D eigenvalue weighted by molar-refractivity contribution is 7.11. The van der Waals surface area contributed by atoms with Gasteiger partial charge in [0.05, 0.1) is 17.1 Å². The molecule has 7 nitrogen and oxygen atoms in total. The largest absolute Gasteiger partial charge is 0.328 e. The molecule has 0 aliphatic carbocycles. The summed E-state index contributed by atoms with van der Waals surface area (Å²) in [6, 6.07) is 13.4. The number of benzene rings is 1. The third-order valence-corrected chi connectivity index (χ3v) is 6.27. The van der Waals surface area contributed by atoms with Crippen molar-refractivity contribution >= 4 is 34.9 Å². The number of fused-ring (bicyclic) bond motifs is 3. The van der Waals surface area contributed by atoms with Crippen molar-refractivity contribution in [3.63, 3.8) is 0 Å². The second-order valence-electron chi connectivity index (χ2n) is 7.05. The van der Waals surface area contributed by atoms with Crippen LogP contribution in [-0.4, -0.2) is 63.8 Å². The summed E-state index contributed by atoms with van der Waals surface area (Å²) in [5, 5.41) is 2.04. The first-order valence-corrected chi connectivity index (χ1v) is 9.92. The molecule has 142 valence electrons. The van der Waals surface area contributed by atoms with E-state index < -0.39 is 12.2 Å². The Kier molecular flexibility index (Phi) is 3.77. The minimum atomic E-state index is -0.529. The smallest absolute Gasteiger partial charge is 0.305 e. The second kappa shape index (κ2) is 6.20. The van der Waals surface area contributed by atoms with Gasteiger partial charge < -0.3 is 14.7 Å². The van der Waals surface area contributed by atoms with Crippen LogP contribution in [0.4, 0.5) is 4.79 Å². The first-order valence-electron chi connectivity index (χ1n) is 9.04. The fourth-order valence-electron chi connectivity index (χ4n) is 3.91. The van der Waals surface area contributed by atoms with Crippen molar-refractivity contribution in [1.29, 1.82) is 0 Å². The predicted octanol–water partition coefficient (Wildman–Crippen LogP) is 2.45. The molecule has 3 aliphatic heterocycles. The number of aliphatic imine (C=N–C) groups is 1. The van der Waals surface area contributed by atoms with Gasteiger partial charge in [0.25, 0.3) is 5.91 Å². The molecule has 1 saturated heterocycles. The van der Waals surface area contributed by atoms with Gasteiger partial charge in [-0.15, -0.1) is 11.3 Å². The van der Waals surface area contributed by atoms with E-state index in [2.05, 4.69) is 23.1 Å². The van der Waals surface area contributed by atoms with Crippen LogP contribution in [-0.2, 0) is 11.3 Å². The fourth-order valence-corrected chi connectivity index (χ4v) is 4.65. The minimum Gasteiger partial charge on any atom is -0.305 e. The first-order chi connectivity index (χ1) is 13.6. The highest BCUT2D eigenvalue weighted by atomic mass is 32.1. The third kappa shape index (κ3) is 2.37. The maximum atomic E-state index is 12.9. The van der Waals surface area contributed by atoms with Crippen molar-refractivity contribution in [1.82, 2.24) is 19.6 Å². The Bertz CT molecular complexity index is 1000. The lowest BCUT2D eigenvalue weighted by Crippen LogP contribution is -2.63. The maximum Gasteiger partial charge on any atom is 0.328 e. The molecule has 5 rings (SSSR count). The topological polar surface area (TPSA) is 59.5 Å². The summed E-state index contributed by atoms with van der Waals surface area (Å²) in [5.41, 5.74) is 2.17. The average Bonchev–Trinajstić information content (AvgIpc) is 3.42. The van der Waals surface area contributed by atoms with E-state index in [1.54, 1.807) is 18.4 Å². The molecule has 0 spiro atoms. The van der Waals surface area contributed by atoms with Crippen LogP contribution in [0.1, 0.15) is 10.4 Å². The van der Waals surface area contributed by atoms with Gasteiger partial charge in [0.1, 0.15) is 0 Å². The predicted molar refractivity (Wildman–Crippen MR) is 107 cm³/mol. The number of likely N-dealkylation sites (N-methyl/N-ethyl adjacent to an activating group) is 2. The molecule has 1 aromatic heterocycles. The number of imide groups is 1. The Hall–Kier alpha value is -3.13. The van der Waals surface area contributed by atoms with Gasteiger partial charge in [-0.1, -0.05) is 36.4 Å². The zero-order valence-corrected chi connectivity index (χ0v) is 16.3. The zero-order chi connectivity index (χ0) is 19.4. The van der Waals surface area contributed by atoms with Gasteiger partial charge in [-0.25, -0.2) is 9.79 Å². The maximum absolute atomic E-state index is 12.9. The Morgan fingerprint density at radius 1 is 1.07 bits per heavy atom. The number of carbonyl (C=O) groups is 2. The van der Waals surface area contributed by atoms with E-state index in [1.165, 1.54) is 16.8 Å². The summed E-state index contributed by atoms with van der Waals surface area (Å²) < 4.78 is 0. The molecule has 1 fully saturated rings. The molecule has 0 saturated carbocycles. The molecule has 1 aromatic carbocycles. The quantitative estimate of drug-likeness (QED) is 0.804. The Balaban J connectivity index is 1.57. The van der Waals surface area contributed by atoms with Gasteiger partial charge >= 0.3 is 6.03 Å². The van der Waals surface area contributed by atoms with Crippen molar-refractivity contribution < 1.29 is 9.59 Å². The molecular formula is C20H19N5O2S. The number of thiophene rings is 1. The number of hydrogen-bond acceptors (Lipinski definition) is 6. The first kappa shape index (κ1) is 17.0. The third-order valence-electron chi connectivity index (χ3n) is 5.38.